The second-order valence-corrected chi connectivity index (χ2v) is 4.61. The lowest BCUT2D eigenvalue weighted by Gasteiger charge is -2.13. The van der Waals surface area contributed by atoms with Gasteiger partial charge in [-0.25, -0.2) is 4.79 Å². The number of carbonyl (C=O) groups excluding carboxylic acids is 3. The SMILES string of the molecule is O=C(OCC1(C#CBr)CC1)ON1C(=O)CCC1=O. The molecule has 1 aliphatic heterocycles. The molecule has 2 fully saturated rings. The van der Waals surface area contributed by atoms with Gasteiger partial charge in [0.25, 0.3) is 11.8 Å². The first-order chi connectivity index (χ1) is 8.56. The lowest BCUT2D eigenvalue weighted by Crippen LogP contribution is -2.32. The molecule has 18 heavy (non-hydrogen) atoms. The van der Waals surface area contributed by atoms with Gasteiger partial charge in [-0.05, 0) is 17.7 Å². The second-order valence-electron chi connectivity index (χ2n) is 4.21. The van der Waals surface area contributed by atoms with E-state index in [0.29, 0.717) is 5.06 Å². The number of hydrogen-bond acceptors (Lipinski definition) is 5. The van der Waals surface area contributed by atoms with Gasteiger partial charge >= 0.3 is 6.16 Å². The number of nitrogens with zero attached hydrogens (tertiary/aromatic N) is 1. The zero-order valence-electron chi connectivity index (χ0n) is 9.40. The minimum Gasteiger partial charge on any atom is -0.431 e. The average molecular weight is 316 g/mol. The maximum Gasteiger partial charge on any atom is 0.534 e. The van der Waals surface area contributed by atoms with Crippen LogP contribution in [0.2, 0.25) is 0 Å². The summed E-state index contributed by atoms with van der Waals surface area (Å²) in [6.07, 6.45) is 0.762. The number of amides is 2. The first-order valence-electron chi connectivity index (χ1n) is 5.40. The zero-order chi connectivity index (χ0) is 13.2. The summed E-state index contributed by atoms with van der Waals surface area (Å²) in [4.78, 5) is 40.8. The maximum absolute atomic E-state index is 11.3. The Labute approximate surface area is 112 Å². The smallest absolute Gasteiger partial charge is 0.431 e. The summed E-state index contributed by atoms with van der Waals surface area (Å²) < 4.78 is 4.85. The molecular formula is C11H10BrNO5. The quantitative estimate of drug-likeness (QED) is 0.446. The van der Waals surface area contributed by atoms with E-state index in [0.717, 1.165) is 12.8 Å². The standard InChI is InChI=1S/C11H10BrNO5/c12-6-5-11(3-4-11)7-17-10(16)18-13-8(14)1-2-9(13)15/h1-4,7H2. The van der Waals surface area contributed by atoms with Gasteiger partial charge in [-0.15, -0.1) is 0 Å². The van der Waals surface area contributed by atoms with E-state index in [1.54, 1.807) is 0 Å². The van der Waals surface area contributed by atoms with Crippen molar-refractivity contribution in [2.45, 2.75) is 25.7 Å². The van der Waals surface area contributed by atoms with Gasteiger partial charge in [0.1, 0.15) is 6.61 Å². The lowest BCUT2D eigenvalue weighted by molar-refractivity contribution is -0.177. The molecule has 6 nitrogen and oxygen atoms in total. The van der Waals surface area contributed by atoms with Crippen molar-refractivity contribution in [3.63, 3.8) is 0 Å². The summed E-state index contributed by atoms with van der Waals surface area (Å²) >= 11 is 2.99. The largest absolute Gasteiger partial charge is 0.534 e. The second kappa shape index (κ2) is 4.98. The van der Waals surface area contributed by atoms with Gasteiger partial charge in [0, 0.05) is 28.8 Å². The van der Waals surface area contributed by atoms with Gasteiger partial charge < -0.3 is 4.74 Å². The number of ether oxygens (including phenoxy) is 1. The number of rotatable bonds is 3. The van der Waals surface area contributed by atoms with Crippen LogP contribution in [0, 0.1) is 16.2 Å². The van der Waals surface area contributed by atoms with E-state index in [4.69, 9.17) is 4.74 Å². The van der Waals surface area contributed by atoms with E-state index >= 15 is 0 Å². The highest BCUT2D eigenvalue weighted by atomic mass is 79.9. The topological polar surface area (TPSA) is 72.9 Å². The molecule has 0 atom stereocenters. The number of imide groups is 1. The minimum absolute atomic E-state index is 0.0606. The first kappa shape index (κ1) is 12.9. The van der Waals surface area contributed by atoms with E-state index in [9.17, 15) is 14.4 Å². The summed E-state index contributed by atoms with van der Waals surface area (Å²) in [6, 6.07) is 0. The third-order valence-electron chi connectivity index (χ3n) is 2.80. The van der Waals surface area contributed by atoms with E-state index in [2.05, 4.69) is 31.5 Å². The third-order valence-corrected chi connectivity index (χ3v) is 3.00. The van der Waals surface area contributed by atoms with Crippen molar-refractivity contribution in [1.82, 2.24) is 5.06 Å². The van der Waals surface area contributed by atoms with Crippen molar-refractivity contribution in [2.24, 2.45) is 5.41 Å². The molecule has 7 heteroatoms. The molecule has 1 saturated carbocycles. The van der Waals surface area contributed by atoms with Crippen LogP contribution >= 0.6 is 15.9 Å². The zero-order valence-corrected chi connectivity index (χ0v) is 11.0. The van der Waals surface area contributed by atoms with Crippen LogP contribution in [0.1, 0.15) is 25.7 Å². The molecule has 2 aliphatic rings. The van der Waals surface area contributed by atoms with Crippen molar-refractivity contribution in [2.75, 3.05) is 6.61 Å². The fourth-order valence-electron chi connectivity index (χ4n) is 1.51. The molecule has 1 heterocycles. The van der Waals surface area contributed by atoms with Gasteiger partial charge in [0.15, 0.2) is 0 Å². The van der Waals surface area contributed by atoms with Crippen molar-refractivity contribution < 1.29 is 24.0 Å². The van der Waals surface area contributed by atoms with Crippen LogP contribution in [-0.2, 0) is 19.2 Å². The van der Waals surface area contributed by atoms with E-state index in [1.165, 1.54) is 0 Å². The fourth-order valence-corrected chi connectivity index (χ4v) is 1.93. The summed E-state index contributed by atoms with van der Waals surface area (Å²) in [7, 11) is 0. The molecule has 2 rings (SSSR count). The Morgan fingerprint density at radius 2 is 1.94 bits per heavy atom. The number of hydroxylamine groups is 2. The Bertz CT molecular complexity index is 444. The number of carbonyl (C=O) groups is 3. The normalized spacial score (nSPS) is 20.2. The Morgan fingerprint density at radius 1 is 1.33 bits per heavy atom. The van der Waals surface area contributed by atoms with Crippen LogP contribution in [0.15, 0.2) is 0 Å². The molecule has 0 aromatic rings. The van der Waals surface area contributed by atoms with Crippen LogP contribution in [0.4, 0.5) is 4.79 Å². The highest BCUT2D eigenvalue weighted by Gasteiger charge is 2.43. The molecule has 0 aromatic heterocycles. The van der Waals surface area contributed by atoms with Crippen LogP contribution in [0.3, 0.4) is 0 Å². The molecule has 96 valence electrons. The molecular weight excluding hydrogens is 306 g/mol. The molecule has 0 bridgehead atoms. The molecule has 0 aromatic carbocycles. The summed E-state index contributed by atoms with van der Waals surface area (Å²) in [5.41, 5.74) is -0.304. The fraction of sp³-hybridized carbons (Fsp3) is 0.545. The Kier molecular flexibility index (Phi) is 3.57. The van der Waals surface area contributed by atoms with Gasteiger partial charge in [0.05, 0.1) is 5.41 Å². The van der Waals surface area contributed by atoms with Crippen molar-refractivity contribution in [3.8, 4) is 10.8 Å². The highest BCUT2D eigenvalue weighted by molar-refractivity contribution is 9.12. The molecule has 2 amide bonds. The van der Waals surface area contributed by atoms with Crippen LogP contribution < -0.4 is 0 Å². The number of hydrogen-bond donors (Lipinski definition) is 0. The average Bonchev–Trinajstić information content (AvgIpc) is 3.04. The summed E-state index contributed by atoms with van der Waals surface area (Å²) in [6.45, 7) is 0.0979. The Morgan fingerprint density at radius 3 is 2.44 bits per heavy atom. The predicted octanol–water partition coefficient (Wildman–Crippen LogP) is 1.34. The molecule has 0 spiro atoms. The molecule has 0 radical (unpaired) electrons. The van der Waals surface area contributed by atoms with Gasteiger partial charge in [-0.3, -0.25) is 14.4 Å². The maximum atomic E-state index is 11.3. The Balaban J connectivity index is 1.80. The Hall–Kier alpha value is -1.55. The third kappa shape index (κ3) is 2.82. The van der Waals surface area contributed by atoms with Crippen LogP contribution in [-0.4, -0.2) is 29.6 Å². The molecule has 0 unspecified atom stereocenters. The van der Waals surface area contributed by atoms with Crippen molar-refractivity contribution >= 4 is 33.9 Å². The van der Waals surface area contributed by atoms with Crippen molar-refractivity contribution in [3.05, 3.63) is 0 Å². The highest BCUT2D eigenvalue weighted by Crippen LogP contribution is 2.45. The van der Waals surface area contributed by atoms with Crippen molar-refractivity contribution in [1.29, 1.82) is 0 Å². The molecule has 0 N–H and O–H groups in total. The first-order valence-corrected chi connectivity index (χ1v) is 6.19. The van der Waals surface area contributed by atoms with Gasteiger partial charge in [-0.2, -0.15) is 0 Å². The monoisotopic (exact) mass is 315 g/mol. The summed E-state index contributed by atoms with van der Waals surface area (Å²) in [5.74, 6) is 1.83. The van der Waals surface area contributed by atoms with E-state index < -0.39 is 18.0 Å². The van der Waals surface area contributed by atoms with E-state index in [1.807, 2.05) is 0 Å². The summed E-state index contributed by atoms with van der Waals surface area (Å²) in [5, 5.41) is 0.456. The molecule has 1 saturated heterocycles. The van der Waals surface area contributed by atoms with Crippen LogP contribution in [0.5, 0.6) is 0 Å². The lowest BCUT2D eigenvalue weighted by atomic mass is 10.1. The van der Waals surface area contributed by atoms with Crippen LogP contribution in [0.25, 0.3) is 0 Å². The minimum atomic E-state index is -1.05. The molecule has 1 aliphatic carbocycles. The van der Waals surface area contributed by atoms with Gasteiger partial charge in [0.2, 0.25) is 0 Å². The van der Waals surface area contributed by atoms with E-state index in [-0.39, 0.29) is 24.9 Å². The predicted molar refractivity (Wildman–Crippen MR) is 61.9 cm³/mol. The van der Waals surface area contributed by atoms with Gasteiger partial charge in [-0.1, -0.05) is 11.0 Å². The number of halogens is 1.